The number of nitrogens with two attached hydrogens (primary N) is 1. The second-order valence-corrected chi connectivity index (χ2v) is 6.59. The molecule has 3 N–H and O–H groups in total. The van der Waals surface area contributed by atoms with Crippen LogP contribution in [0.1, 0.15) is 31.2 Å². The quantitative estimate of drug-likeness (QED) is 0.886. The third-order valence-corrected chi connectivity index (χ3v) is 5.32. The van der Waals surface area contributed by atoms with E-state index in [1.165, 1.54) is 15.6 Å². The molecule has 1 saturated carbocycles. The van der Waals surface area contributed by atoms with E-state index >= 15 is 0 Å². The summed E-state index contributed by atoms with van der Waals surface area (Å²) in [5.41, 5.74) is 8.00. The average molecular weight is 288 g/mol. The molecule has 1 aromatic heterocycles. The molecule has 0 radical (unpaired) electrons. The van der Waals surface area contributed by atoms with Crippen molar-refractivity contribution >= 4 is 33.0 Å². The number of carbonyl (C=O) groups excluding carboxylic acids is 1. The van der Waals surface area contributed by atoms with Crippen molar-refractivity contribution in [2.45, 2.75) is 38.6 Å². The lowest BCUT2D eigenvalue weighted by Gasteiger charge is -2.25. The minimum Gasteiger partial charge on any atom is -0.328 e. The smallest absolute Gasteiger partial charge is 0.227 e. The number of carbonyl (C=O) groups is 1. The lowest BCUT2D eigenvalue weighted by atomic mass is 9.86. The number of thiophene rings is 1. The maximum Gasteiger partial charge on any atom is 0.227 e. The van der Waals surface area contributed by atoms with E-state index in [0.29, 0.717) is 0 Å². The van der Waals surface area contributed by atoms with E-state index in [4.69, 9.17) is 5.73 Å². The molecule has 1 aliphatic carbocycles. The summed E-state index contributed by atoms with van der Waals surface area (Å²) in [6, 6.07) is 6.48. The number of aryl methyl sites for hydroxylation is 1. The zero-order valence-corrected chi connectivity index (χ0v) is 12.5. The summed E-state index contributed by atoms with van der Waals surface area (Å²) in [6.07, 6.45) is 3.74. The highest BCUT2D eigenvalue weighted by Gasteiger charge is 2.24. The molecule has 1 amide bonds. The van der Waals surface area contributed by atoms with Crippen LogP contribution in [0.3, 0.4) is 0 Å². The van der Waals surface area contributed by atoms with Crippen LogP contribution in [0.5, 0.6) is 0 Å². The van der Waals surface area contributed by atoms with Crippen LogP contribution in [-0.4, -0.2) is 11.9 Å². The third-order valence-electron chi connectivity index (χ3n) is 4.27. The lowest BCUT2D eigenvalue weighted by Crippen LogP contribution is -2.32. The van der Waals surface area contributed by atoms with Crippen LogP contribution in [0.25, 0.3) is 10.1 Å². The van der Waals surface area contributed by atoms with Crippen LogP contribution < -0.4 is 11.1 Å². The number of rotatable bonds is 2. The maximum atomic E-state index is 12.4. The Hall–Kier alpha value is -1.39. The van der Waals surface area contributed by atoms with Gasteiger partial charge in [0.25, 0.3) is 0 Å². The molecular weight excluding hydrogens is 268 g/mol. The number of amides is 1. The molecule has 106 valence electrons. The van der Waals surface area contributed by atoms with Crippen molar-refractivity contribution in [1.82, 2.24) is 0 Å². The largest absolute Gasteiger partial charge is 0.328 e. The first kappa shape index (κ1) is 13.6. The molecule has 0 bridgehead atoms. The monoisotopic (exact) mass is 288 g/mol. The zero-order valence-electron chi connectivity index (χ0n) is 11.7. The Morgan fingerprint density at radius 3 is 2.75 bits per heavy atom. The first-order valence-electron chi connectivity index (χ1n) is 7.18. The van der Waals surface area contributed by atoms with Crippen molar-refractivity contribution in [2.24, 2.45) is 11.7 Å². The van der Waals surface area contributed by atoms with Gasteiger partial charge in [0.1, 0.15) is 0 Å². The van der Waals surface area contributed by atoms with Gasteiger partial charge in [-0.1, -0.05) is 6.07 Å². The van der Waals surface area contributed by atoms with Gasteiger partial charge in [0, 0.05) is 22.3 Å². The summed E-state index contributed by atoms with van der Waals surface area (Å²) < 4.78 is 1.26. The molecule has 1 aliphatic rings. The Morgan fingerprint density at radius 2 is 2.00 bits per heavy atom. The Morgan fingerprint density at radius 1 is 1.25 bits per heavy atom. The molecule has 3 nitrogen and oxygen atoms in total. The van der Waals surface area contributed by atoms with E-state index in [0.717, 1.165) is 31.4 Å². The van der Waals surface area contributed by atoms with Gasteiger partial charge in [0.05, 0.1) is 0 Å². The lowest BCUT2D eigenvalue weighted by molar-refractivity contribution is -0.120. The SMILES string of the molecule is Cc1c(NC(=O)C2CCC(N)CC2)ccc2ccsc12. The summed E-state index contributed by atoms with van der Waals surface area (Å²) in [5.74, 6) is 0.268. The molecule has 20 heavy (non-hydrogen) atoms. The Bertz CT molecular complexity index is 626. The van der Waals surface area contributed by atoms with Crippen LogP contribution in [0.15, 0.2) is 23.6 Å². The van der Waals surface area contributed by atoms with Gasteiger partial charge in [-0.15, -0.1) is 11.3 Å². The van der Waals surface area contributed by atoms with Crippen LogP contribution in [0, 0.1) is 12.8 Å². The highest BCUT2D eigenvalue weighted by molar-refractivity contribution is 7.17. The molecule has 0 saturated heterocycles. The minimum absolute atomic E-state index is 0.119. The third kappa shape index (κ3) is 2.58. The van der Waals surface area contributed by atoms with E-state index in [-0.39, 0.29) is 17.9 Å². The van der Waals surface area contributed by atoms with Crippen molar-refractivity contribution < 1.29 is 4.79 Å². The maximum absolute atomic E-state index is 12.4. The van der Waals surface area contributed by atoms with E-state index in [1.807, 2.05) is 6.07 Å². The van der Waals surface area contributed by atoms with Gasteiger partial charge < -0.3 is 11.1 Å². The van der Waals surface area contributed by atoms with Gasteiger partial charge in [0.2, 0.25) is 5.91 Å². The van der Waals surface area contributed by atoms with Crippen molar-refractivity contribution in [3.05, 3.63) is 29.1 Å². The topological polar surface area (TPSA) is 55.1 Å². The molecule has 0 spiro atoms. The first-order valence-corrected chi connectivity index (χ1v) is 8.06. The molecule has 1 heterocycles. The molecular formula is C16H20N2OS. The number of anilines is 1. The number of nitrogens with one attached hydrogen (secondary N) is 1. The minimum atomic E-state index is 0.119. The van der Waals surface area contributed by atoms with Crippen LogP contribution in [0.4, 0.5) is 5.69 Å². The van der Waals surface area contributed by atoms with Crippen LogP contribution in [0.2, 0.25) is 0 Å². The predicted octanol–water partition coefficient (Wildman–Crippen LogP) is 3.67. The van der Waals surface area contributed by atoms with Gasteiger partial charge >= 0.3 is 0 Å². The predicted molar refractivity (Wildman–Crippen MR) is 85.1 cm³/mol. The summed E-state index contributed by atoms with van der Waals surface area (Å²) in [4.78, 5) is 12.4. The van der Waals surface area contributed by atoms with Crippen molar-refractivity contribution in [2.75, 3.05) is 5.32 Å². The van der Waals surface area contributed by atoms with Gasteiger partial charge in [-0.3, -0.25) is 4.79 Å². The van der Waals surface area contributed by atoms with Crippen molar-refractivity contribution in [3.63, 3.8) is 0 Å². The normalized spacial score (nSPS) is 22.9. The highest BCUT2D eigenvalue weighted by atomic mass is 32.1. The molecule has 4 heteroatoms. The van der Waals surface area contributed by atoms with Crippen LogP contribution in [-0.2, 0) is 4.79 Å². The molecule has 0 atom stereocenters. The highest BCUT2D eigenvalue weighted by Crippen LogP contribution is 2.31. The van der Waals surface area contributed by atoms with Crippen molar-refractivity contribution in [3.8, 4) is 0 Å². The second-order valence-electron chi connectivity index (χ2n) is 5.68. The van der Waals surface area contributed by atoms with E-state index in [9.17, 15) is 4.79 Å². The van der Waals surface area contributed by atoms with Crippen LogP contribution >= 0.6 is 11.3 Å². The number of benzene rings is 1. The Labute approximate surface area is 123 Å². The summed E-state index contributed by atoms with van der Waals surface area (Å²) in [6.45, 7) is 2.07. The second kappa shape index (κ2) is 5.54. The Kier molecular flexibility index (Phi) is 3.76. The fourth-order valence-corrected chi connectivity index (χ4v) is 3.84. The number of hydrogen-bond acceptors (Lipinski definition) is 3. The van der Waals surface area contributed by atoms with Gasteiger partial charge in [0.15, 0.2) is 0 Å². The molecule has 1 fully saturated rings. The van der Waals surface area contributed by atoms with E-state index in [1.54, 1.807) is 11.3 Å². The number of fused-ring (bicyclic) bond motifs is 1. The fraction of sp³-hybridized carbons (Fsp3) is 0.438. The molecule has 1 aromatic carbocycles. The Balaban J connectivity index is 1.75. The summed E-state index contributed by atoms with van der Waals surface area (Å²) in [7, 11) is 0. The van der Waals surface area contributed by atoms with Gasteiger partial charge in [-0.2, -0.15) is 0 Å². The van der Waals surface area contributed by atoms with E-state index < -0.39 is 0 Å². The number of hydrogen-bond donors (Lipinski definition) is 2. The molecule has 0 unspecified atom stereocenters. The van der Waals surface area contributed by atoms with E-state index in [2.05, 4.69) is 29.8 Å². The zero-order chi connectivity index (χ0) is 14.1. The molecule has 3 rings (SSSR count). The van der Waals surface area contributed by atoms with Gasteiger partial charge in [-0.05, 0) is 61.1 Å². The fourth-order valence-electron chi connectivity index (χ4n) is 2.93. The average Bonchev–Trinajstić information content (AvgIpc) is 2.92. The molecule has 0 aliphatic heterocycles. The molecule has 2 aromatic rings. The first-order chi connectivity index (χ1) is 9.65. The summed E-state index contributed by atoms with van der Waals surface area (Å²) in [5, 5.41) is 6.44. The summed E-state index contributed by atoms with van der Waals surface area (Å²) >= 11 is 1.72. The van der Waals surface area contributed by atoms with Crippen molar-refractivity contribution in [1.29, 1.82) is 0 Å². The standard InChI is InChI=1S/C16H20N2OS/c1-10-14(7-4-11-8-9-20-15(10)11)18-16(19)12-2-5-13(17)6-3-12/h4,7-9,12-13H,2-3,5-6,17H2,1H3,(H,18,19). The van der Waals surface area contributed by atoms with Gasteiger partial charge in [-0.25, -0.2) is 0 Å².